The van der Waals surface area contributed by atoms with Gasteiger partial charge in [-0.2, -0.15) is 0 Å². The van der Waals surface area contributed by atoms with Crippen molar-refractivity contribution in [2.45, 2.75) is 71.8 Å². The molecule has 0 aromatic carbocycles. The predicted molar refractivity (Wildman–Crippen MR) is 211 cm³/mol. The molecule has 15 heteroatoms. The lowest BCUT2D eigenvalue weighted by atomic mass is 9.92. The average Bonchev–Trinajstić information content (AvgIpc) is 3.79. The fourth-order valence-corrected chi connectivity index (χ4v) is 10.1. The van der Waals surface area contributed by atoms with Crippen molar-refractivity contribution >= 4 is 80.4 Å². The molecule has 6 heterocycles. The number of pyridine rings is 1. The lowest BCUT2D eigenvalue weighted by molar-refractivity contribution is -0.151. The highest BCUT2D eigenvalue weighted by Crippen LogP contribution is 2.43. The molecule has 52 heavy (non-hydrogen) atoms. The van der Waals surface area contributed by atoms with Crippen molar-refractivity contribution in [3.05, 3.63) is 39.3 Å². The van der Waals surface area contributed by atoms with E-state index in [1.54, 1.807) is 23.6 Å². The molecule has 3 aromatic heterocycles. The Morgan fingerprint density at radius 2 is 1.62 bits per heavy atom. The van der Waals surface area contributed by atoms with E-state index in [2.05, 4.69) is 38.8 Å². The number of halogens is 2. The molecular formula is C37H49Cl2N7O4S2. The number of carbonyl (C=O) groups is 3. The third-order valence-electron chi connectivity index (χ3n) is 10.5. The number of anilines is 3. The summed E-state index contributed by atoms with van der Waals surface area (Å²) in [5.74, 6) is 0.950. The van der Waals surface area contributed by atoms with Crippen LogP contribution in [0.25, 0.3) is 9.75 Å². The number of rotatable bonds is 12. The zero-order valence-electron chi connectivity index (χ0n) is 30.2. The number of carbonyl (C=O) groups excluding carboxylic acids is 3. The first-order valence-corrected chi connectivity index (χ1v) is 21.1. The number of nitrogens with one attached hydrogen (secondary N) is 1. The fourth-order valence-electron chi connectivity index (χ4n) is 7.60. The van der Waals surface area contributed by atoms with E-state index >= 15 is 0 Å². The molecule has 0 saturated carbocycles. The molecule has 1 N–H and O–H groups in total. The molecule has 3 saturated heterocycles. The van der Waals surface area contributed by atoms with Gasteiger partial charge in [-0.05, 0) is 57.6 Å². The van der Waals surface area contributed by atoms with Gasteiger partial charge in [0.2, 0.25) is 5.91 Å². The summed E-state index contributed by atoms with van der Waals surface area (Å²) in [6, 6.07) is 4.21. The van der Waals surface area contributed by atoms with Crippen LogP contribution < -0.4 is 15.1 Å². The van der Waals surface area contributed by atoms with E-state index in [9.17, 15) is 14.4 Å². The van der Waals surface area contributed by atoms with E-state index in [0.717, 1.165) is 48.2 Å². The molecule has 0 spiro atoms. The maximum Gasteiger partial charge on any atom is 0.309 e. The van der Waals surface area contributed by atoms with Crippen LogP contribution in [0.3, 0.4) is 0 Å². The molecule has 1 unspecified atom stereocenters. The summed E-state index contributed by atoms with van der Waals surface area (Å²) in [5, 5.41) is 6.50. The number of thiazole rings is 1. The number of piperidine rings is 2. The van der Waals surface area contributed by atoms with E-state index < -0.39 is 0 Å². The number of thiophene rings is 1. The molecule has 282 valence electrons. The van der Waals surface area contributed by atoms with Gasteiger partial charge in [0, 0.05) is 80.8 Å². The van der Waals surface area contributed by atoms with Crippen molar-refractivity contribution in [2.75, 3.05) is 74.1 Å². The maximum atomic E-state index is 13.5. The monoisotopic (exact) mass is 789 g/mol. The second kappa shape index (κ2) is 17.9. The molecule has 6 rings (SSSR count). The van der Waals surface area contributed by atoms with Crippen molar-refractivity contribution in [3.8, 4) is 9.75 Å². The second-order valence-electron chi connectivity index (χ2n) is 13.8. The van der Waals surface area contributed by atoms with Crippen LogP contribution in [0.2, 0.25) is 10.0 Å². The van der Waals surface area contributed by atoms with E-state index in [1.807, 2.05) is 23.3 Å². The summed E-state index contributed by atoms with van der Waals surface area (Å²) in [4.78, 5) is 59.4. The van der Waals surface area contributed by atoms with Crippen LogP contribution in [-0.2, 0) is 14.3 Å². The van der Waals surface area contributed by atoms with Gasteiger partial charge in [-0.3, -0.25) is 24.6 Å². The number of nitrogens with zero attached hydrogens (tertiary/aromatic N) is 6. The Bertz CT molecular complexity index is 1700. The molecule has 3 aromatic rings. The molecule has 0 radical (unpaired) electrons. The van der Waals surface area contributed by atoms with Gasteiger partial charge in [0.05, 0.1) is 33.0 Å². The Hall–Kier alpha value is -2.97. The number of piperazine rings is 1. The largest absolute Gasteiger partial charge is 0.466 e. The molecule has 2 amide bonds. The molecule has 0 aliphatic carbocycles. The average molecular weight is 791 g/mol. The standard InChI is InChI=1S/C37H49Cl2N7O4S2/c1-4-7-28(5-2)43-16-18-45(19-17-43)33-31(30-21-27(38)23-51-30)52-37(41-33)42-34(47)26-20-29(39)32(40-22-26)44-12-8-24(9-13-44)35(48)46-14-10-25(11-15-46)36(49)50-6-3/h20-25,28H,4-19H2,1-3H3,(H,41,42,47). The van der Waals surface area contributed by atoms with Gasteiger partial charge in [-0.25, -0.2) is 9.97 Å². The smallest absolute Gasteiger partial charge is 0.309 e. The summed E-state index contributed by atoms with van der Waals surface area (Å²) >= 11 is 16.1. The van der Waals surface area contributed by atoms with E-state index in [0.29, 0.717) is 91.1 Å². The Kier molecular flexibility index (Phi) is 13.3. The van der Waals surface area contributed by atoms with Gasteiger partial charge in [-0.1, -0.05) is 54.8 Å². The summed E-state index contributed by atoms with van der Waals surface area (Å²) in [7, 11) is 0. The Labute approximate surface area is 324 Å². The van der Waals surface area contributed by atoms with Gasteiger partial charge < -0.3 is 19.4 Å². The van der Waals surface area contributed by atoms with Gasteiger partial charge in [0.1, 0.15) is 5.82 Å². The highest BCUT2D eigenvalue weighted by molar-refractivity contribution is 7.24. The number of likely N-dealkylation sites (tertiary alicyclic amines) is 1. The zero-order chi connectivity index (χ0) is 36.8. The first-order valence-electron chi connectivity index (χ1n) is 18.6. The van der Waals surface area contributed by atoms with Crippen LogP contribution in [0.15, 0.2) is 23.7 Å². The van der Waals surface area contributed by atoms with E-state index in [-0.39, 0.29) is 29.6 Å². The minimum absolute atomic E-state index is 0.0734. The number of hydrogen-bond acceptors (Lipinski definition) is 11. The van der Waals surface area contributed by atoms with Crippen LogP contribution in [0, 0.1) is 11.8 Å². The normalized spacial score (nSPS) is 18.4. The second-order valence-corrected chi connectivity index (χ2v) is 16.5. The minimum atomic E-state index is -0.330. The van der Waals surface area contributed by atoms with Gasteiger partial charge in [0.15, 0.2) is 10.9 Å². The number of amides is 2. The van der Waals surface area contributed by atoms with Crippen LogP contribution in [0.4, 0.5) is 16.8 Å². The molecular weight excluding hydrogens is 741 g/mol. The highest BCUT2D eigenvalue weighted by Gasteiger charge is 2.34. The quantitative estimate of drug-likeness (QED) is 0.186. The molecule has 0 bridgehead atoms. The number of ether oxygens (including phenoxy) is 1. The van der Waals surface area contributed by atoms with Crippen molar-refractivity contribution < 1.29 is 19.1 Å². The SMILES string of the molecule is CCCC(CC)N1CCN(c2nc(NC(=O)c3cnc(N4CCC(C(=O)N5CCC(C(=O)OCC)CC5)CC4)c(Cl)c3)sc2-c2cc(Cl)cs2)CC1. The van der Waals surface area contributed by atoms with Crippen molar-refractivity contribution in [1.82, 2.24) is 19.8 Å². The Morgan fingerprint density at radius 1 is 0.923 bits per heavy atom. The van der Waals surface area contributed by atoms with Crippen molar-refractivity contribution in [1.29, 1.82) is 0 Å². The Balaban J connectivity index is 1.06. The van der Waals surface area contributed by atoms with Crippen LogP contribution in [0.1, 0.15) is 76.1 Å². The molecule has 1 atom stereocenters. The van der Waals surface area contributed by atoms with Gasteiger partial charge in [0.25, 0.3) is 5.91 Å². The first-order chi connectivity index (χ1) is 25.2. The molecule has 3 aliphatic heterocycles. The maximum absolute atomic E-state index is 13.5. The lowest BCUT2D eigenvalue weighted by Crippen LogP contribution is -2.50. The fraction of sp³-hybridized carbons (Fsp3) is 0.595. The van der Waals surface area contributed by atoms with E-state index in [4.69, 9.17) is 32.9 Å². The van der Waals surface area contributed by atoms with Crippen LogP contribution in [-0.4, -0.2) is 103 Å². The number of hydrogen-bond donors (Lipinski definition) is 1. The summed E-state index contributed by atoms with van der Waals surface area (Å²) < 4.78 is 5.17. The number of aromatic nitrogens is 2. The first kappa shape index (κ1) is 38.7. The third kappa shape index (κ3) is 9.03. The number of esters is 1. The van der Waals surface area contributed by atoms with Gasteiger partial charge >= 0.3 is 5.97 Å². The lowest BCUT2D eigenvalue weighted by Gasteiger charge is -2.39. The molecule has 3 aliphatic rings. The summed E-state index contributed by atoms with van der Waals surface area (Å²) in [5.41, 5.74) is 0.345. The van der Waals surface area contributed by atoms with Crippen LogP contribution >= 0.6 is 45.9 Å². The van der Waals surface area contributed by atoms with Crippen molar-refractivity contribution in [3.63, 3.8) is 0 Å². The van der Waals surface area contributed by atoms with E-state index in [1.165, 1.54) is 24.2 Å². The minimum Gasteiger partial charge on any atom is -0.466 e. The van der Waals surface area contributed by atoms with Gasteiger partial charge in [-0.15, -0.1) is 11.3 Å². The third-order valence-corrected chi connectivity index (χ3v) is 13.2. The molecule has 11 nitrogen and oxygen atoms in total. The zero-order valence-corrected chi connectivity index (χ0v) is 33.4. The van der Waals surface area contributed by atoms with Crippen molar-refractivity contribution in [2.24, 2.45) is 11.8 Å². The predicted octanol–water partition coefficient (Wildman–Crippen LogP) is 7.54. The Morgan fingerprint density at radius 3 is 2.23 bits per heavy atom. The molecule has 3 fully saturated rings. The topological polar surface area (TPSA) is 111 Å². The highest BCUT2D eigenvalue weighted by atomic mass is 35.5. The van der Waals surface area contributed by atoms with Crippen LogP contribution in [0.5, 0.6) is 0 Å². The summed E-state index contributed by atoms with van der Waals surface area (Å²) in [6.45, 7) is 12.8. The summed E-state index contributed by atoms with van der Waals surface area (Å²) in [6.07, 6.45) is 7.77.